The monoisotopic (exact) mass is 238 g/mol. The third-order valence-corrected chi connectivity index (χ3v) is 2.88. The van der Waals surface area contributed by atoms with Gasteiger partial charge >= 0.3 is 0 Å². The van der Waals surface area contributed by atoms with Gasteiger partial charge in [-0.05, 0) is 30.3 Å². The van der Waals surface area contributed by atoms with Crippen LogP contribution < -0.4 is 5.48 Å². The van der Waals surface area contributed by atoms with Crippen molar-refractivity contribution < 1.29 is 5.21 Å². The van der Waals surface area contributed by atoms with E-state index in [1.165, 1.54) is 0 Å². The van der Waals surface area contributed by atoms with Crippen LogP contribution in [0, 0.1) is 11.3 Å². The molecule has 3 N–H and O–H groups in total. The molecule has 1 aromatic carbocycles. The summed E-state index contributed by atoms with van der Waals surface area (Å²) in [5.41, 5.74) is 4.06. The first-order valence-corrected chi connectivity index (χ1v) is 5.43. The largest absolute Gasteiger partial charge is 0.340 e. The molecule has 0 amide bonds. The van der Waals surface area contributed by atoms with Crippen molar-refractivity contribution in [2.75, 3.05) is 5.48 Å². The minimum absolute atomic E-state index is 0.576. The van der Waals surface area contributed by atoms with Crippen LogP contribution in [0.4, 0.5) is 5.69 Å². The van der Waals surface area contributed by atoms with Gasteiger partial charge in [-0.2, -0.15) is 5.26 Å². The highest BCUT2D eigenvalue weighted by atomic mass is 16.5. The summed E-state index contributed by atoms with van der Waals surface area (Å²) in [6, 6.07) is 11.3. The molecule has 5 nitrogen and oxygen atoms in total. The van der Waals surface area contributed by atoms with E-state index in [1.807, 2.05) is 29.1 Å². The molecule has 5 heteroatoms. The zero-order valence-corrected chi connectivity index (χ0v) is 9.38. The van der Waals surface area contributed by atoms with Crippen LogP contribution >= 0.6 is 0 Å². The summed E-state index contributed by atoms with van der Waals surface area (Å²) in [5, 5.41) is 19.0. The number of aromatic amines is 1. The van der Waals surface area contributed by atoms with Crippen LogP contribution in [0.1, 0.15) is 5.56 Å². The Hall–Kier alpha value is -2.71. The maximum absolute atomic E-state index is 9.28. The number of hydrogen-bond acceptors (Lipinski definition) is 3. The molecule has 0 atom stereocenters. The molecule has 0 bridgehead atoms. The number of nitrogens with one attached hydrogen (secondary N) is 2. The topological polar surface area (TPSA) is 76.8 Å². The first-order valence-electron chi connectivity index (χ1n) is 5.43. The van der Waals surface area contributed by atoms with E-state index in [0.717, 1.165) is 16.7 Å². The standard InChI is InChI=1S/C13H10N4O/c14-8-11-10-4-3-9(16-18)7-12(10)15-13(11)17-5-1-2-6-17/h1-7,15-16,18H. The predicted octanol–water partition coefficient (Wildman–Crippen LogP) is 2.63. The highest BCUT2D eigenvalue weighted by Gasteiger charge is 2.12. The number of nitriles is 1. The summed E-state index contributed by atoms with van der Waals surface area (Å²) >= 11 is 0. The van der Waals surface area contributed by atoms with Crippen molar-refractivity contribution in [2.24, 2.45) is 0 Å². The highest BCUT2D eigenvalue weighted by molar-refractivity contribution is 5.91. The second kappa shape index (κ2) is 3.95. The fraction of sp³-hybridized carbons (Fsp3) is 0. The molecule has 0 aliphatic heterocycles. The zero-order chi connectivity index (χ0) is 12.5. The Morgan fingerprint density at radius 1 is 1.28 bits per heavy atom. The van der Waals surface area contributed by atoms with Gasteiger partial charge in [-0.25, -0.2) is 0 Å². The maximum Gasteiger partial charge on any atom is 0.133 e. The first kappa shape index (κ1) is 10.4. The van der Waals surface area contributed by atoms with Crippen molar-refractivity contribution in [1.82, 2.24) is 9.55 Å². The van der Waals surface area contributed by atoms with Gasteiger partial charge in [0.25, 0.3) is 0 Å². The Balaban J connectivity index is 2.30. The predicted molar refractivity (Wildman–Crippen MR) is 67.7 cm³/mol. The number of nitrogens with zero attached hydrogens (tertiary/aromatic N) is 2. The van der Waals surface area contributed by atoms with Crippen LogP contribution in [0.3, 0.4) is 0 Å². The lowest BCUT2D eigenvalue weighted by atomic mass is 10.1. The fourth-order valence-electron chi connectivity index (χ4n) is 2.04. The van der Waals surface area contributed by atoms with Crippen LogP contribution in [0.25, 0.3) is 16.7 Å². The molecular formula is C13H10N4O. The summed E-state index contributed by atoms with van der Waals surface area (Å²) in [7, 11) is 0. The first-order chi connectivity index (χ1) is 8.83. The van der Waals surface area contributed by atoms with Gasteiger partial charge in [-0.15, -0.1) is 0 Å². The molecule has 18 heavy (non-hydrogen) atoms. The third kappa shape index (κ3) is 1.44. The highest BCUT2D eigenvalue weighted by Crippen LogP contribution is 2.26. The average molecular weight is 238 g/mol. The van der Waals surface area contributed by atoms with Crippen LogP contribution in [0.5, 0.6) is 0 Å². The summed E-state index contributed by atoms with van der Waals surface area (Å²) in [6.45, 7) is 0. The molecule has 0 saturated carbocycles. The van der Waals surface area contributed by atoms with Gasteiger partial charge in [0.15, 0.2) is 0 Å². The van der Waals surface area contributed by atoms with Gasteiger partial charge in [-0.3, -0.25) is 10.7 Å². The SMILES string of the molecule is N#Cc1c(-n2cccc2)[nH]c2cc(NO)ccc12. The Morgan fingerprint density at radius 3 is 2.72 bits per heavy atom. The molecule has 0 aliphatic rings. The van der Waals surface area contributed by atoms with Crippen molar-refractivity contribution >= 4 is 16.6 Å². The molecule has 3 aromatic rings. The Morgan fingerprint density at radius 2 is 2.06 bits per heavy atom. The Labute approximate surface area is 103 Å². The van der Waals surface area contributed by atoms with E-state index in [0.29, 0.717) is 11.3 Å². The number of aromatic nitrogens is 2. The van der Waals surface area contributed by atoms with Crippen molar-refractivity contribution in [1.29, 1.82) is 5.26 Å². The molecule has 0 saturated heterocycles. The normalized spacial score (nSPS) is 10.4. The van der Waals surface area contributed by atoms with Gasteiger partial charge < -0.3 is 9.55 Å². The number of anilines is 1. The molecular weight excluding hydrogens is 228 g/mol. The molecule has 2 aromatic heterocycles. The lowest BCUT2D eigenvalue weighted by Crippen LogP contribution is -1.92. The van der Waals surface area contributed by atoms with E-state index < -0.39 is 0 Å². The van der Waals surface area contributed by atoms with Gasteiger partial charge in [-0.1, -0.05) is 0 Å². The zero-order valence-electron chi connectivity index (χ0n) is 9.38. The molecule has 88 valence electrons. The molecule has 0 unspecified atom stereocenters. The quantitative estimate of drug-likeness (QED) is 0.600. The smallest absolute Gasteiger partial charge is 0.133 e. The average Bonchev–Trinajstić information content (AvgIpc) is 3.04. The second-order valence-corrected chi connectivity index (χ2v) is 3.92. The minimum Gasteiger partial charge on any atom is -0.340 e. The molecule has 0 aliphatic carbocycles. The molecule has 2 heterocycles. The molecule has 3 rings (SSSR count). The van der Waals surface area contributed by atoms with Gasteiger partial charge in [0.05, 0.1) is 11.2 Å². The second-order valence-electron chi connectivity index (χ2n) is 3.92. The van der Waals surface area contributed by atoms with E-state index in [9.17, 15) is 5.26 Å². The van der Waals surface area contributed by atoms with Crippen LogP contribution in [-0.2, 0) is 0 Å². The van der Waals surface area contributed by atoms with Crippen LogP contribution in [-0.4, -0.2) is 14.8 Å². The number of hydrogen-bond donors (Lipinski definition) is 3. The van der Waals surface area contributed by atoms with Crippen molar-refractivity contribution in [3.8, 4) is 11.9 Å². The van der Waals surface area contributed by atoms with Gasteiger partial charge in [0.2, 0.25) is 0 Å². The third-order valence-electron chi connectivity index (χ3n) is 2.88. The van der Waals surface area contributed by atoms with E-state index in [1.54, 1.807) is 18.2 Å². The summed E-state index contributed by atoms with van der Waals surface area (Å²) in [4.78, 5) is 3.18. The molecule has 0 fully saturated rings. The van der Waals surface area contributed by atoms with E-state index in [-0.39, 0.29) is 0 Å². The number of H-pyrrole nitrogens is 1. The Kier molecular flexibility index (Phi) is 2.29. The van der Waals surface area contributed by atoms with Crippen LogP contribution in [0.15, 0.2) is 42.7 Å². The van der Waals surface area contributed by atoms with Gasteiger partial charge in [0.1, 0.15) is 17.5 Å². The van der Waals surface area contributed by atoms with Crippen molar-refractivity contribution in [3.63, 3.8) is 0 Å². The summed E-state index contributed by atoms with van der Waals surface area (Å²) in [5.74, 6) is 0.729. The van der Waals surface area contributed by atoms with E-state index in [4.69, 9.17) is 5.21 Å². The van der Waals surface area contributed by atoms with E-state index in [2.05, 4.69) is 16.5 Å². The minimum atomic E-state index is 0.576. The van der Waals surface area contributed by atoms with Crippen molar-refractivity contribution in [3.05, 3.63) is 48.3 Å². The molecule has 0 spiro atoms. The lowest BCUT2D eigenvalue weighted by molar-refractivity contribution is 0.389. The number of fused-ring (bicyclic) bond motifs is 1. The fourth-order valence-corrected chi connectivity index (χ4v) is 2.04. The van der Waals surface area contributed by atoms with Crippen LogP contribution in [0.2, 0.25) is 0 Å². The number of benzene rings is 1. The number of rotatable bonds is 2. The lowest BCUT2D eigenvalue weighted by Gasteiger charge is -1.98. The summed E-state index contributed by atoms with van der Waals surface area (Å²) in [6.07, 6.45) is 3.74. The van der Waals surface area contributed by atoms with Gasteiger partial charge in [0, 0.05) is 17.8 Å². The Bertz CT molecular complexity index is 734. The molecule has 0 radical (unpaired) electrons. The maximum atomic E-state index is 9.28. The summed E-state index contributed by atoms with van der Waals surface area (Å²) < 4.78 is 1.85. The van der Waals surface area contributed by atoms with E-state index >= 15 is 0 Å². The van der Waals surface area contributed by atoms with Crippen molar-refractivity contribution in [2.45, 2.75) is 0 Å².